The molecule has 0 aliphatic rings. The normalized spacial score (nSPS) is 12.0. The summed E-state index contributed by atoms with van der Waals surface area (Å²) in [7, 11) is -8.00. The van der Waals surface area contributed by atoms with E-state index < -0.39 is 74.7 Å². The number of phenols is 2. The monoisotopic (exact) mass is 1050 g/mol. The van der Waals surface area contributed by atoms with Crippen molar-refractivity contribution in [3.63, 3.8) is 0 Å². The van der Waals surface area contributed by atoms with E-state index >= 15 is 0 Å². The van der Waals surface area contributed by atoms with Crippen molar-refractivity contribution in [3.8, 4) is 22.9 Å². The third kappa shape index (κ3) is 12.8. The number of aromatic nitrogens is 4. The molecule has 0 unspecified atom stereocenters. The molecule has 0 radical (unpaired) electrons. The van der Waals surface area contributed by atoms with E-state index in [9.17, 15) is 56.9 Å². The number of rotatable bonds is 14. The van der Waals surface area contributed by atoms with Gasteiger partial charge in [-0.25, -0.2) is 46.7 Å². The van der Waals surface area contributed by atoms with Gasteiger partial charge in [-0.15, -0.1) is 11.4 Å². The second-order valence-corrected chi connectivity index (χ2v) is 19.6. The average molecular weight is 1050 g/mol. The van der Waals surface area contributed by atoms with E-state index in [2.05, 4.69) is 30.7 Å². The number of primary sulfonamides is 2. The SMILES string of the molecule is CCC(C)(C)c1cc(N=N[c-]2c(C)nn(-c3cccc(S(N)(=O)=O)c3)c2=O)c(O)c([N+](=O)[O-])c1.CCC(C)(C)c1cc(N=N[c-]2c(C)nn(-c3cccc(S(N)(=O)=O)c3)c2=O)c(O)c([N+](=O)[O-])c1.[Cr].[Na+]. The van der Waals surface area contributed by atoms with E-state index in [1.807, 2.05) is 41.5 Å². The quantitative estimate of drug-likeness (QED) is 0.0390. The first-order valence-corrected chi connectivity index (χ1v) is 23.3. The molecule has 0 fully saturated rings. The number of azo groups is 2. The van der Waals surface area contributed by atoms with Crippen molar-refractivity contribution in [2.24, 2.45) is 30.7 Å². The van der Waals surface area contributed by atoms with Crippen LogP contribution in [0.25, 0.3) is 11.4 Å². The number of nitrogens with zero attached hydrogens (tertiary/aromatic N) is 10. The Morgan fingerprint density at radius 3 is 1.27 bits per heavy atom. The molecule has 0 aliphatic carbocycles. The average Bonchev–Trinajstić information content (AvgIpc) is 3.72. The van der Waals surface area contributed by atoms with Crippen molar-refractivity contribution in [1.82, 2.24) is 19.6 Å². The smallest absolute Gasteiger partial charge is 0.501 e. The van der Waals surface area contributed by atoms with Gasteiger partial charge in [-0.2, -0.15) is 10.2 Å². The molecule has 2 heterocycles. The van der Waals surface area contributed by atoms with Crippen molar-refractivity contribution in [3.05, 3.63) is 136 Å². The van der Waals surface area contributed by atoms with E-state index in [1.165, 1.54) is 86.6 Å². The molecular formula is C42H46CrN12NaO12S2-. The zero-order valence-corrected chi connectivity index (χ0v) is 44.1. The summed E-state index contributed by atoms with van der Waals surface area (Å²) in [5, 5.41) is 77.7. The van der Waals surface area contributed by atoms with Crippen LogP contribution in [-0.2, 0) is 48.2 Å². The van der Waals surface area contributed by atoms with Crippen LogP contribution in [0, 0.1) is 34.1 Å². The van der Waals surface area contributed by atoms with Gasteiger partial charge in [0.2, 0.25) is 31.5 Å². The van der Waals surface area contributed by atoms with E-state index in [0.717, 1.165) is 9.36 Å². The van der Waals surface area contributed by atoms with Gasteiger partial charge in [-0.05, 0) is 83.3 Å². The Bertz CT molecular complexity index is 3180. The number of phenolic OH excluding ortho intramolecular Hbond substituents is 2. The summed E-state index contributed by atoms with van der Waals surface area (Å²) < 4.78 is 48.4. The van der Waals surface area contributed by atoms with Gasteiger partial charge < -0.3 is 30.0 Å². The van der Waals surface area contributed by atoms with Crippen molar-refractivity contribution in [2.75, 3.05) is 0 Å². The van der Waals surface area contributed by atoms with Crippen LogP contribution >= 0.6 is 0 Å². The maximum atomic E-state index is 12.9. The number of nitro groups is 2. The molecular weight excluding hydrogens is 1000 g/mol. The van der Waals surface area contributed by atoms with Gasteiger partial charge in [0, 0.05) is 29.5 Å². The Morgan fingerprint density at radius 2 is 0.986 bits per heavy atom. The molecule has 24 nitrogen and oxygen atoms in total. The van der Waals surface area contributed by atoms with Crippen LogP contribution in [0.3, 0.4) is 0 Å². The predicted molar refractivity (Wildman–Crippen MR) is 248 cm³/mol. The van der Waals surface area contributed by atoms with Gasteiger partial charge in [0.25, 0.3) is 0 Å². The van der Waals surface area contributed by atoms with Crippen molar-refractivity contribution < 1.29 is 83.8 Å². The fourth-order valence-electron chi connectivity index (χ4n) is 6.20. The third-order valence-electron chi connectivity index (χ3n) is 11.1. The molecule has 0 aliphatic heterocycles. The third-order valence-corrected chi connectivity index (χ3v) is 13.0. The minimum atomic E-state index is -4.00. The van der Waals surface area contributed by atoms with Crippen LogP contribution in [0.5, 0.6) is 11.5 Å². The summed E-state index contributed by atoms with van der Waals surface area (Å²) in [6, 6.07) is 16.2. The number of aromatic hydroxyl groups is 2. The Kier molecular flexibility index (Phi) is 18.5. The summed E-state index contributed by atoms with van der Waals surface area (Å²) >= 11 is 0. The van der Waals surface area contributed by atoms with Gasteiger partial charge in [-0.3, -0.25) is 20.2 Å². The molecule has 6 N–H and O–H groups in total. The first-order chi connectivity index (χ1) is 31.5. The van der Waals surface area contributed by atoms with Gasteiger partial charge in [-0.1, -0.05) is 78.9 Å². The molecule has 6 rings (SSSR count). The Labute approximate surface area is 433 Å². The summed E-state index contributed by atoms with van der Waals surface area (Å²) in [6.07, 6.45) is 1.33. The fraction of sp³-hybridized carbons (Fsp3) is 0.286. The zero-order valence-electron chi connectivity index (χ0n) is 39.2. The van der Waals surface area contributed by atoms with Crippen molar-refractivity contribution >= 4 is 54.2 Å². The van der Waals surface area contributed by atoms with Crippen LogP contribution in [0.1, 0.15) is 76.9 Å². The molecule has 4 aromatic carbocycles. The number of nitro benzene ring substituents is 2. The molecule has 0 saturated heterocycles. The van der Waals surface area contributed by atoms with E-state index in [4.69, 9.17) is 10.3 Å². The molecule has 0 atom stereocenters. The maximum Gasteiger partial charge on any atom is 1.00 e. The number of nitrogens with two attached hydrogens (primary N) is 2. The van der Waals surface area contributed by atoms with Crippen LogP contribution in [0.2, 0.25) is 0 Å². The fourth-order valence-corrected chi connectivity index (χ4v) is 7.30. The second-order valence-electron chi connectivity index (χ2n) is 16.5. The first kappa shape index (κ1) is 58.2. The molecule has 2 aromatic heterocycles. The van der Waals surface area contributed by atoms with Crippen LogP contribution < -0.4 is 51.0 Å². The number of sulfonamides is 2. The molecule has 6 aromatic rings. The maximum absolute atomic E-state index is 12.9. The molecule has 0 bridgehead atoms. The zero-order chi connectivity index (χ0) is 50.8. The Hall–Kier alpha value is -6.15. The minimum Gasteiger partial charge on any atom is -0.501 e. The standard InChI is InChI=1S/2C21H23N6O6S.Cr.Na/c2*1-5-21(3,4)13-9-16(19(28)17(10-13)27(30)31)23-24-18-12(2)25-26(20(18)29)14-7-6-8-15(11-14)34(22,32)33;;/h2*6-11,28H,5H2,1-4H3,(H2,22,32,33);;/q2*-1;;+1. The van der Waals surface area contributed by atoms with Gasteiger partial charge >= 0.3 is 40.9 Å². The van der Waals surface area contributed by atoms with Crippen LogP contribution in [0.15, 0.2) is 113 Å². The van der Waals surface area contributed by atoms with E-state index in [0.29, 0.717) is 24.0 Å². The molecule has 70 heavy (non-hydrogen) atoms. The van der Waals surface area contributed by atoms with E-state index in [1.54, 1.807) is 0 Å². The second kappa shape index (κ2) is 22.3. The minimum absolute atomic E-state index is 0. The molecule has 0 amide bonds. The molecule has 0 spiro atoms. The number of hydrogen-bond acceptors (Lipinski definition) is 18. The van der Waals surface area contributed by atoms with Crippen LogP contribution in [0.4, 0.5) is 34.1 Å². The van der Waals surface area contributed by atoms with Gasteiger partial charge in [0.1, 0.15) is 22.5 Å². The van der Waals surface area contributed by atoms with E-state index in [-0.39, 0.29) is 102 Å². The van der Waals surface area contributed by atoms with Gasteiger partial charge in [0.05, 0.1) is 31.0 Å². The first-order valence-electron chi connectivity index (χ1n) is 20.2. The topological polar surface area (TPSA) is 366 Å². The number of benzene rings is 4. The summed E-state index contributed by atoms with van der Waals surface area (Å²) in [5.41, 5.74) is -2.26. The van der Waals surface area contributed by atoms with Crippen molar-refractivity contribution in [2.45, 2.75) is 88.9 Å². The summed E-state index contributed by atoms with van der Waals surface area (Å²) in [5.74, 6) is -1.36. The van der Waals surface area contributed by atoms with Gasteiger partial charge in [0.15, 0.2) is 0 Å². The molecule has 0 saturated carbocycles. The molecule has 28 heteroatoms. The Morgan fingerprint density at radius 1 is 0.657 bits per heavy atom. The van der Waals surface area contributed by atoms with Crippen molar-refractivity contribution in [1.29, 1.82) is 0 Å². The predicted octanol–water partition coefficient (Wildman–Crippen LogP) is 4.25. The molecule has 366 valence electrons. The van der Waals surface area contributed by atoms with Crippen LogP contribution in [-0.4, -0.2) is 56.5 Å². The summed E-state index contributed by atoms with van der Waals surface area (Å²) in [6.45, 7) is 14.4. The largest absolute Gasteiger partial charge is 1.00 e. The number of aryl methyl sites for hydroxylation is 2. The Balaban J connectivity index is 0.000000360. The summed E-state index contributed by atoms with van der Waals surface area (Å²) in [4.78, 5) is 46.8. The number of hydrogen-bond donors (Lipinski definition) is 4.